The zero-order valence-corrected chi connectivity index (χ0v) is 10.2. The van der Waals surface area contributed by atoms with Crippen molar-refractivity contribution in [2.75, 3.05) is 0 Å². The third-order valence-corrected chi connectivity index (χ3v) is 2.97. The highest BCUT2D eigenvalue weighted by atomic mass is 15.2. The van der Waals surface area contributed by atoms with Gasteiger partial charge in [0, 0.05) is 24.0 Å². The van der Waals surface area contributed by atoms with Crippen molar-refractivity contribution in [1.82, 2.24) is 20.4 Å². The minimum atomic E-state index is -0.243. The lowest BCUT2D eigenvalue weighted by Crippen LogP contribution is -2.30. The molecule has 0 fully saturated rings. The summed E-state index contributed by atoms with van der Waals surface area (Å²) in [7, 11) is 0. The molecular formula is C14H13N5. The van der Waals surface area contributed by atoms with Gasteiger partial charge in [0.15, 0.2) is 5.82 Å². The van der Waals surface area contributed by atoms with E-state index in [0.29, 0.717) is 5.82 Å². The molecule has 0 bridgehead atoms. The summed E-state index contributed by atoms with van der Waals surface area (Å²) < 4.78 is 0. The summed E-state index contributed by atoms with van der Waals surface area (Å²) in [5.41, 5.74) is 4.66. The van der Waals surface area contributed by atoms with E-state index in [9.17, 15) is 0 Å². The van der Waals surface area contributed by atoms with Gasteiger partial charge in [0.1, 0.15) is 6.04 Å². The lowest BCUT2D eigenvalue weighted by Gasteiger charge is -2.15. The first kappa shape index (κ1) is 11.7. The van der Waals surface area contributed by atoms with Crippen LogP contribution < -0.4 is 11.3 Å². The maximum Gasteiger partial charge on any atom is 0.150 e. The van der Waals surface area contributed by atoms with Crippen LogP contribution in [-0.2, 0) is 0 Å². The third-order valence-electron chi connectivity index (χ3n) is 2.97. The molecule has 94 valence electrons. The first-order valence-electron chi connectivity index (χ1n) is 5.96. The predicted octanol–water partition coefficient (Wildman–Crippen LogP) is 1.58. The zero-order valence-electron chi connectivity index (χ0n) is 10.2. The van der Waals surface area contributed by atoms with E-state index in [-0.39, 0.29) is 6.04 Å². The van der Waals surface area contributed by atoms with Gasteiger partial charge < -0.3 is 0 Å². The Morgan fingerprint density at radius 3 is 2.53 bits per heavy atom. The fraction of sp³-hybridized carbons (Fsp3) is 0.0714. The Morgan fingerprint density at radius 1 is 0.947 bits per heavy atom. The van der Waals surface area contributed by atoms with Crippen LogP contribution in [0.2, 0.25) is 0 Å². The molecule has 0 spiro atoms. The molecule has 3 rings (SSSR count). The summed E-state index contributed by atoms with van der Waals surface area (Å²) >= 11 is 0. The van der Waals surface area contributed by atoms with Gasteiger partial charge in [0.05, 0.1) is 5.52 Å². The number of pyridine rings is 1. The predicted molar refractivity (Wildman–Crippen MR) is 72.9 cm³/mol. The Hall–Kier alpha value is -2.37. The van der Waals surface area contributed by atoms with E-state index in [1.807, 2.05) is 30.3 Å². The number of hydrogen-bond acceptors (Lipinski definition) is 5. The Labute approximate surface area is 110 Å². The number of fused-ring (bicyclic) bond motifs is 1. The summed E-state index contributed by atoms with van der Waals surface area (Å²) in [6.07, 6.45) is 5.17. The molecule has 1 unspecified atom stereocenters. The minimum absolute atomic E-state index is 0.243. The van der Waals surface area contributed by atoms with E-state index in [1.54, 1.807) is 24.7 Å². The molecule has 0 aliphatic rings. The standard InChI is InChI=1S/C14H13N5/c15-19-13(14-17-7-2-8-18-14)11-5-4-10-3-1-6-16-12(10)9-11/h1-9,13,19H,15H2. The van der Waals surface area contributed by atoms with E-state index in [1.165, 1.54) is 0 Å². The van der Waals surface area contributed by atoms with Crippen molar-refractivity contribution in [2.45, 2.75) is 6.04 Å². The molecular weight excluding hydrogens is 238 g/mol. The quantitative estimate of drug-likeness (QED) is 0.546. The average molecular weight is 251 g/mol. The van der Waals surface area contributed by atoms with Crippen LogP contribution in [-0.4, -0.2) is 15.0 Å². The summed E-state index contributed by atoms with van der Waals surface area (Å²) in [5.74, 6) is 6.27. The molecule has 0 aliphatic carbocycles. The first-order valence-corrected chi connectivity index (χ1v) is 5.96. The number of nitrogens with one attached hydrogen (secondary N) is 1. The Kier molecular flexibility index (Phi) is 3.14. The number of aromatic nitrogens is 3. The molecule has 3 aromatic rings. The van der Waals surface area contributed by atoms with Crippen molar-refractivity contribution in [3.05, 3.63) is 66.4 Å². The van der Waals surface area contributed by atoms with E-state index in [0.717, 1.165) is 16.5 Å². The van der Waals surface area contributed by atoms with E-state index in [4.69, 9.17) is 5.84 Å². The van der Waals surface area contributed by atoms with Gasteiger partial charge in [-0.3, -0.25) is 10.8 Å². The van der Waals surface area contributed by atoms with Crippen molar-refractivity contribution in [3.63, 3.8) is 0 Å². The van der Waals surface area contributed by atoms with Crippen molar-refractivity contribution in [2.24, 2.45) is 5.84 Å². The van der Waals surface area contributed by atoms with Crippen LogP contribution in [0, 0.1) is 0 Å². The average Bonchev–Trinajstić information content (AvgIpc) is 2.49. The van der Waals surface area contributed by atoms with Gasteiger partial charge in [0.25, 0.3) is 0 Å². The Bertz CT molecular complexity index is 683. The molecule has 5 nitrogen and oxygen atoms in total. The van der Waals surface area contributed by atoms with E-state index in [2.05, 4.69) is 20.4 Å². The molecule has 0 saturated carbocycles. The SMILES string of the molecule is NNC(c1ccc2cccnc2c1)c1ncccn1. The highest BCUT2D eigenvalue weighted by Crippen LogP contribution is 2.21. The molecule has 1 atom stereocenters. The molecule has 1 aromatic carbocycles. The molecule has 2 aromatic heterocycles. The smallest absolute Gasteiger partial charge is 0.150 e. The van der Waals surface area contributed by atoms with Gasteiger partial charge in [-0.25, -0.2) is 15.4 Å². The van der Waals surface area contributed by atoms with Crippen LogP contribution in [0.3, 0.4) is 0 Å². The lowest BCUT2D eigenvalue weighted by atomic mass is 10.0. The van der Waals surface area contributed by atoms with Crippen LogP contribution in [0.15, 0.2) is 55.0 Å². The summed E-state index contributed by atoms with van der Waals surface area (Å²) in [6, 6.07) is 11.5. The summed E-state index contributed by atoms with van der Waals surface area (Å²) in [4.78, 5) is 12.8. The van der Waals surface area contributed by atoms with Crippen LogP contribution in [0.1, 0.15) is 17.4 Å². The lowest BCUT2D eigenvalue weighted by molar-refractivity contribution is 0.602. The second-order valence-electron chi connectivity index (χ2n) is 4.16. The molecule has 3 N–H and O–H groups in total. The molecule has 5 heteroatoms. The highest BCUT2D eigenvalue weighted by Gasteiger charge is 2.15. The minimum Gasteiger partial charge on any atom is -0.270 e. The summed E-state index contributed by atoms with van der Waals surface area (Å²) in [5, 5.41) is 1.09. The maximum absolute atomic E-state index is 5.63. The van der Waals surface area contributed by atoms with Crippen LogP contribution >= 0.6 is 0 Å². The number of hydrogen-bond donors (Lipinski definition) is 2. The second-order valence-corrected chi connectivity index (χ2v) is 4.16. The number of rotatable bonds is 3. The van der Waals surface area contributed by atoms with Gasteiger partial charge in [-0.1, -0.05) is 18.2 Å². The van der Waals surface area contributed by atoms with Crippen LogP contribution in [0.5, 0.6) is 0 Å². The van der Waals surface area contributed by atoms with E-state index >= 15 is 0 Å². The number of nitrogens with two attached hydrogens (primary N) is 1. The maximum atomic E-state index is 5.63. The molecule has 0 saturated heterocycles. The Balaban J connectivity index is 2.06. The fourth-order valence-corrected chi connectivity index (χ4v) is 2.04. The van der Waals surface area contributed by atoms with Gasteiger partial charge in [-0.2, -0.15) is 0 Å². The van der Waals surface area contributed by atoms with Crippen molar-refractivity contribution < 1.29 is 0 Å². The molecule has 19 heavy (non-hydrogen) atoms. The number of nitrogens with zero attached hydrogens (tertiary/aromatic N) is 3. The second kappa shape index (κ2) is 5.09. The summed E-state index contributed by atoms with van der Waals surface area (Å²) in [6.45, 7) is 0. The molecule has 2 heterocycles. The van der Waals surface area contributed by atoms with Gasteiger partial charge in [-0.15, -0.1) is 0 Å². The largest absolute Gasteiger partial charge is 0.270 e. The molecule has 0 aliphatic heterocycles. The Morgan fingerprint density at radius 2 is 1.74 bits per heavy atom. The fourth-order valence-electron chi connectivity index (χ4n) is 2.04. The zero-order chi connectivity index (χ0) is 13.1. The molecule has 0 amide bonds. The van der Waals surface area contributed by atoms with E-state index < -0.39 is 0 Å². The normalized spacial score (nSPS) is 12.5. The monoisotopic (exact) mass is 251 g/mol. The van der Waals surface area contributed by atoms with Crippen LogP contribution in [0.25, 0.3) is 10.9 Å². The first-order chi connectivity index (χ1) is 9.38. The number of hydrazine groups is 1. The highest BCUT2D eigenvalue weighted by molar-refractivity contribution is 5.79. The third kappa shape index (κ3) is 2.29. The van der Waals surface area contributed by atoms with Crippen molar-refractivity contribution >= 4 is 10.9 Å². The van der Waals surface area contributed by atoms with Gasteiger partial charge in [-0.05, 0) is 23.8 Å². The van der Waals surface area contributed by atoms with Crippen molar-refractivity contribution in [1.29, 1.82) is 0 Å². The van der Waals surface area contributed by atoms with Gasteiger partial charge >= 0.3 is 0 Å². The van der Waals surface area contributed by atoms with Gasteiger partial charge in [0.2, 0.25) is 0 Å². The molecule has 0 radical (unpaired) electrons. The topological polar surface area (TPSA) is 76.7 Å². The number of benzene rings is 1. The van der Waals surface area contributed by atoms with Crippen LogP contribution in [0.4, 0.5) is 0 Å². The van der Waals surface area contributed by atoms with Crippen molar-refractivity contribution in [3.8, 4) is 0 Å².